The van der Waals surface area contributed by atoms with Crippen molar-refractivity contribution in [3.8, 4) is 0 Å². The second kappa shape index (κ2) is 9.26. The molecule has 1 N–H and O–H groups in total. The number of ether oxygens (including phenoxy) is 1. The van der Waals surface area contributed by atoms with Crippen molar-refractivity contribution in [2.45, 2.75) is 78.1 Å². The summed E-state index contributed by atoms with van der Waals surface area (Å²) in [5, 5.41) is 0.859. The van der Waals surface area contributed by atoms with Crippen LogP contribution in [-0.4, -0.2) is 32.2 Å². The third kappa shape index (κ3) is 4.48. The highest BCUT2D eigenvalue weighted by Gasteiger charge is 2.45. The number of nitrogens with one attached hydrogen (secondary N) is 1. The summed E-state index contributed by atoms with van der Waals surface area (Å²) in [4.78, 5) is 27.6. The number of esters is 1. The number of methoxy groups -OCH3 is 1. The summed E-state index contributed by atoms with van der Waals surface area (Å²) < 4.78 is 11.6. The van der Waals surface area contributed by atoms with Crippen LogP contribution in [0.4, 0.5) is 0 Å². The van der Waals surface area contributed by atoms with Crippen LogP contribution in [0.3, 0.4) is 0 Å². The summed E-state index contributed by atoms with van der Waals surface area (Å²) in [5.41, 5.74) is 4.45. The average Bonchev–Trinajstić information content (AvgIpc) is 2.99. The summed E-state index contributed by atoms with van der Waals surface area (Å²) in [6.45, 7) is 15.6. The minimum Gasteiger partial charge on any atom is -0.469 e. The maximum atomic E-state index is 12.5. The number of fused-ring (bicyclic) bond motifs is 1. The monoisotopic (exact) mass is 417 g/mol. The van der Waals surface area contributed by atoms with Crippen molar-refractivity contribution in [1.82, 2.24) is 4.98 Å². The molecule has 0 amide bonds. The van der Waals surface area contributed by atoms with Crippen LogP contribution < -0.4 is 0 Å². The number of hydrogen-bond donors (Lipinski definition) is 1. The summed E-state index contributed by atoms with van der Waals surface area (Å²) in [5.74, 6) is -0.439. The summed E-state index contributed by atoms with van der Waals surface area (Å²) in [6, 6.07) is 5.92. The van der Waals surface area contributed by atoms with Gasteiger partial charge in [-0.05, 0) is 35.2 Å². The number of aromatic nitrogens is 1. The zero-order chi connectivity index (χ0) is 21.9. The molecule has 0 aliphatic rings. The first-order valence-electron chi connectivity index (χ1n) is 10.4. The van der Waals surface area contributed by atoms with Crippen LogP contribution in [0, 0.1) is 0 Å². The lowest BCUT2D eigenvalue weighted by Crippen LogP contribution is -2.47. The fourth-order valence-electron chi connectivity index (χ4n) is 4.94. The molecule has 0 radical (unpaired) electrons. The molecule has 1 aromatic carbocycles. The number of carbonyl (C=O) groups is 2. The lowest BCUT2D eigenvalue weighted by atomic mass is 10.0. The lowest BCUT2D eigenvalue weighted by molar-refractivity contribution is -0.139. The van der Waals surface area contributed by atoms with Crippen LogP contribution in [0.1, 0.15) is 70.1 Å². The summed E-state index contributed by atoms with van der Waals surface area (Å²) in [6.07, 6.45) is 0.0447. The maximum Gasteiger partial charge on any atom is 0.311 e. The Kier molecular flexibility index (Phi) is 7.46. The highest BCUT2D eigenvalue weighted by molar-refractivity contribution is 6.77. The van der Waals surface area contributed by atoms with Gasteiger partial charge in [0.05, 0.1) is 20.1 Å². The maximum absolute atomic E-state index is 12.5. The van der Waals surface area contributed by atoms with Crippen molar-refractivity contribution in [3.63, 3.8) is 0 Å². The Morgan fingerprint density at radius 2 is 1.62 bits per heavy atom. The van der Waals surface area contributed by atoms with Crippen LogP contribution in [0.15, 0.2) is 18.2 Å². The molecule has 0 bridgehead atoms. The molecule has 0 saturated carbocycles. The molecule has 0 saturated heterocycles. The molecule has 0 spiro atoms. The topological polar surface area (TPSA) is 68.4 Å². The Hall–Kier alpha value is -1.92. The Labute approximate surface area is 175 Å². The van der Waals surface area contributed by atoms with Crippen molar-refractivity contribution < 1.29 is 18.8 Å². The molecule has 160 valence electrons. The van der Waals surface area contributed by atoms with E-state index in [0.29, 0.717) is 34.5 Å². The smallest absolute Gasteiger partial charge is 0.311 e. The largest absolute Gasteiger partial charge is 0.469 e. The minimum absolute atomic E-state index is 0.0447. The second-order valence-electron chi connectivity index (χ2n) is 8.73. The van der Waals surface area contributed by atoms with E-state index in [9.17, 15) is 9.59 Å². The predicted molar refractivity (Wildman–Crippen MR) is 120 cm³/mol. The Bertz CT molecular complexity index is 861. The quantitative estimate of drug-likeness (QED) is 0.319. The highest BCUT2D eigenvalue weighted by Crippen LogP contribution is 2.43. The van der Waals surface area contributed by atoms with Gasteiger partial charge in [0, 0.05) is 22.2 Å². The van der Waals surface area contributed by atoms with E-state index in [-0.39, 0.29) is 18.2 Å². The zero-order valence-corrected chi connectivity index (χ0v) is 20.0. The predicted octanol–water partition coefficient (Wildman–Crippen LogP) is 5.78. The third-order valence-corrected chi connectivity index (χ3v) is 12.1. The fourth-order valence-corrected chi connectivity index (χ4v) is 10.3. The minimum atomic E-state index is -2.04. The number of carbonyl (C=O) groups excluding carboxylic acids is 2. The molecule has 2 aromatic rings. The molecule has 29 heavy (non-hydrogen) atoms. The average molecular weight is 418 g/mol. The van der Waals surface area contributed by atoms with Gasteiger partial charge in [-0.2, -0.15) is 0 Å². The van der Waals surface area contributed by atoms with Gasteiger partial charge in [-0.3, -0.25) is 9.59 Å². The van der Waals surface area contributed by atoms with Gasteiger partial charge in [0.15, 0.2) is 5.78 Å². The van der Waals surface area contributed by atoms with E-state index in [0.717, 1.165) is 16.5 Å². The van der Waals surface area contributed by atoms with Crippen molar-refractivity contribution in [1.29, 1.82) is 0 Å². The molecular weight excluding hydrogens is 382 g/mol. The molecule has 0 atom stereocenters. The molecule has 0 unspecified atom stereocenters. The molecule has 5 nitrogen and oxygen atoms in total. The fraction of sp³-hybridized carbons (Fsp3) is 0.565. The molecule has 6 heteroatoms. The van der Waals surface area contributed by atoms with Crippen LogP contribution in [0.5, 0.6) is 0 Å². The highest BCUT2D eigenvalue weighted by atomic mass is 28.4. The normalized spacial score (nSPS) is 12.4. The van der Waals surface area contributed by atoms with Crippen molar-refractivity contribution >= 4 is 31.0 Å². The zero-order valence-electron chi connectivity index (χ0n) is 19.0. The Morgan fingerprint density at radius 3 is 2.10 bits per heavy atom. The molecule has 0 aliphatic heterocycles. The number of ketones is 1. The first-order valence-corrected chi connectivity index (χ1v) is 12.5. The van der Waals surface area contributed by atoms with E-state index < -0.39 is 8.32 Å². The Morgan fingerprint density at radius 1 is 1.03 bits per heavy atom. The van der Waals surface area contributed by atoms with Crippen molar-refractivity contribution in [3.05, 3.63) is 35.0 Å². The third-order valence-electron chi connectivity index (χ3n) is 6.07. The lowest BCUT2D eigenvalue weighted by Gasteiger charge is -2.42. The van der Waals surface area contributed by atoms with Gasteiger partial charge in [0.1, 0.15) is 0 Å². The summed E-state index contributed by atoms with van der Waals surface area (Å²) in [7, 11) is -0.684. The van der Waals surface area contributed by atoms with Gasteiger partial charge < -0.3 is 14.1 Å². The van der Waals surface area contributed by atoms with Gasteiger partial charge in [-0.15, -0.1) is 0 Å². The number of rotatable bonds is 9. The first-order chi connectivity index (χ1) is 13.6. The standard InChI is InChI=1S/C23H35NO4Si/c1-14(2)29(15(3)4,16(5)6)28-13-18-10-9-11-19-23(18)22(17(7)25)20(24-19)12-21(26)27-8/h9-11,14-16,24H,12-13H2,1-8H3. The van der Waals surface area contributed by atoms with E-state index in [4.69, 9.17) is 9.16 Å². The van der Waals surface area contributed by atoms with E-state index >= 15 is 0 Å². The van der Waals surface area contributed by atoms with Gasteiger partial charge in [0.2, 0.25) is 8.32 Å². The SMILES string of the molecule is COC(=O)Cc1[nH]c2cccc(CO[Si](C(C)C)(C(C)C)C(C)C)c2c1C(C)=O. The van der Waals surface area contributed by atoms with Crippen molar-refractivity contribution in [2.24, 2.45) is 0 Å². The number of H-pyrrole nitrogens is 1. The molecule has 0 aliphatic carbocycles. The Balaban J connectivity index is 2.53. The molecular formula is C23H35NO4Si. The number of hydrogen-bond acceptors (Lipinski definition) is 4. The van der Waals surface area contributed by atoms with E-state index in [2.05, 4.69) is 46.5 Å². The van der Waals surface area contributed by atoms with Crippen molar-refractivity contribution in [2.75, 3.05) is 7.11 Å². The van der Waals surface area contributed by atoms with E-state index in [1.807, 2.05) is 18.2 Å². The first kappa shape index (κ1) is 23.4. The van der Waals surface area contributed by atoms with Gasteiger partial charge in [-0.1, -0.05) is 53.7 Å². The van der Waals surface area contributed by atoms with Crippen LogP contribution in [0.2, 0.25) is 16.6 Å². The molecule has 2 rings (SSSR count). The van der Waals surface area contributed by atoms with Gasteiger partial charge in [-0.25, -0.2) is 0 Å². The van der Waals surface area contributed by atoms with Gasteiger partial charge in [0.25, 0.3) is 0 Å². The number of aromatic amines is 1. The van der Waals surface area contributed by atoms with Crippen LogP contribution in [-0.2, 0) is 27.0 Å². The van der Waals surface area contributed by atoms with Gasteiger partial charge >= 0.3 is 5.97 Å². The molecule has 1 aromatic heterocycles. The number of Topliss-reactive ketones (excluding diaryl/α,β-unsaturated/α-hetero) is 1. The van der Waals surface area contributed by atoms with E-state index in [1.54, 1.807) is 0 Å². The van der Waals surface area contributed by atoms with E-state index in [1.165, 1.54) is 14.0 Å². The van der Waals surface area contributed by atoms with Crippen LogP contribution in [0.25, 0.3) is 10.9 Å². The number of benzene rings is 1. The summed E-state index contributed by atoms with van der Waals surface area (Å²) >= 11 is 0. The second-order valence-corrected chi connectivity index (χ2v) is 14.2. The van der Waals surface area contributed by atoms with Crippen LogP contribution >= 0.6 is 0 Å². The molecule has 1 heterocycles. The molecule has 0 fully saturated rings.